The van der Waals surface area contributed by atoms with E-state index in [4.69, 9.17) is 19.9 Å². The number of nitrogens with zero attached hydrogens (tertiary/aromatic N) is 3. The molecule has 0 radical (unpaired) electrons. The van der Waals surface area contributed by atoms with E-state index in [-0.39, 0.29) is 0 Å². The topological polar surface area (TPSA) is 92.4 Å². The molecule has 1 aromatic carbocycles. The van der Waals surface area contributed by atoms with Crippen molar-refractivity contribution in [1.82, 2.24) is 15.0 Å². The minimum atomic E-state index is 0.451. The molecule has 0 spiro atoms. The molecule has 2 heterocycles. The van der Waals surface area contributed by atoms with Crippen LogP contribution < -0.4 is 19.9 Å². The molecule has 8 heteroatoms. The van der Waals surface area contributed by atoms with Crippen LogP contribution in [0, 0.1) is 0 Å². The van der Waals surface area contributed by atoms with Crippen LogP contribution in [0.25, 0.3) is 21.8 Å². The van der Waals surface area contributed by atoms with E-state index in [9.17, 15) is 0 Å². The zero-order valence-corrected chi connectivity index (χ0v) is 14.3. The fourth-order valence-corrected chi connectivity index (χ4v) is 3.18. The van der Waals surface area contributed by atoms with Gasteiger partial charge in [0.1, 0.15) is 12.0 Å². The molecular formula is C16H16N4O3S. The number of anilines is 1. The van der Waals surface area contributed by atoms with Crippen molar-refractivity contribution in [2.75, 3.05) is 27.1 Å². The Morgan fingerprint density at radius 1 is 1.04 bits per heavy atom. The van der Waals surface area contributed by atoms with Crippen LogP contribution in [0.15, 0.2) is 30.7 Å². The number of rotatable bonds is 5. The minimum absolute atomic E-state index is 0.451. The highest BCUT2D eigenvalue weighted by atomic mass is 32.1. The summed E-state index contributed by atoms with van der Waals surface area (Å²) >= 11 is 1.37. The SMILES string of the molecule is COc1cc(-c2sc(N)nc2-c2ccncn2)cc(OC)c1OC. The number of benzene rings is 1. The third-order valence-electron chi connectivity index (χ3n) is 3.40. The van der Waals surface area contributed by atoms with Crippen molar-refractivity contribution in [1.29, 1.82) is 0 Å². The van der Waals surface area contributed by atoms with Crippen LogP contribution in [0.4, 0.5) is 5.13 Å². The highest BCUT2D eigenvalue weighted by molar-refractivity contribution is 7.19. The zero-order valence-electron chi connectivity index (χ0n) is 13.4. The van der Waals surface area contributed by atoms with E-state index < -0.39 is 0 Å². The molecule has 0 amide bonds. The summed E-state index contributed by atoms with van der Waals surface area (Å²) < 4.78 is 16.2. The largest absolute Gasteiger partial charge is 0.493 e. The average Bonchev–Trinajstić information content (AvgIpc) is 3.03. The molecule has 0 aliphatic rings. The van der Waals surface area contributed by atoms with Gasteiger partial charge in [-0.15, -0.1) is 0 Å². The second-order valence-electron chi connectivity index (χ2n) is 4.74. The van der Waals surface area contributed by atoms with Gasteiger partial charge in [-0.2, -0.15) is 0 Å². The first-order valence-corrected chi connectivity index (χ1v) is 7.82. The normalized spacial score (nSPS) is 10.5. The van der Waals surface area contributed by atoms with E-state index in [1.165, 1.54) is 17.7 Å². The molecule has 2 aromatic heterocycles. The molecular weight excluding hydrogens is 328 g/mol. The van der Waals surface area contributed by atoms with Crippen molar-refractivity contribution in [3.8, 4) is 39.1 Å². The van der Waals surface area contributed by atoms with E-state index in [2.05, 4.69) is 15.0 Å². The predicted octanol–water partition coefficient (Wildman–Crippen LogP) is 2.88. The van der Waals surface area contributed by atoms with E-state index in [0.29, 0.717) is 33.8 Å². The number of nitrogens with two attached hydrogens (primary N) is 1. The van der Waals surface area contributed by atoms with E-state index in [1.807, 2.05) is 12.1 Å². The molecule has 124 valence electrons. The van der Waals surface area contributed by atoms with Crippen molar-refractivity contribution in [2.24, 2.45) is 0 Å². The molecule has 3 rings (SSSR count). The Kier molecular flexibility index (Phi) is 4.48. The molecule has 0 aliphatic carbocycles. The summed E-state index contributed by atoms with van der Waals surface area (Å²) in [5, 5.41) is 0.451. The highest BCUT2D eigenvalue weighted by Gasteiger charge is 2.19. The van der Waals surface area contributed by atoms with E-state index >= 15 is 0 Å². The van der Waals surface area contributed by atoms with Crippen molar-refractivity contribution in [3.63, 3.8) is 0 Å². The maximum Gasteiger partial charge on any atom is 0.203 e. The van der Waals surface area contributed by atoms with E-state index in [0.717, 1.165) is 10.4 Å². The summed E-state index contributed by atoms with van der Waals surface area (Å²) in [6, 6.07) is 5.51. The van der Waals surface area contributed by atoms with Gasteiger partial charge in [0.05, 0.1) is 31.9 Å². The average molecular weight is 344 g/mol. The van der Waals surface area contributed by atoms with Gasteiger partial charge in [0.15, 0.2) is 16.6 Å². The van der Waals surface area contributed by atoms with Crippen LogP contribution in [0.5, 0.6) is 17.2 Å². The molecule has 0 fully saturated rings. The Balaban J connectivity index is 2.20. The van der Waals surface area contributed by atoms with Gasteiger partial charge in [-0.3, -0.25) is 0 Å². The first kappa shape index (κ1) is 16.0. The zero-order chi connectivity index (χ0) is 17.1. The lowest BCUT2D eigenvalue weighted by Gasteiger charge is -2.14. The van der Waals surface area contributed by atoms with Gasteiger partial charge in [0.25, 0.3) is 0 Å². The fourth-order valence-electron chi connectivity index (χ4n) is 2.35. The molecule has 0 saturated heterocycles. The molecule has 0 atom stereocenters. The fraction of sp³-hybridized carbons (Fsp3) is 0.188. The Hall–Kier alpha value is -2.87. The number of ether oxygens (including phenoxy) is 3. The standard InChI is InChI=1S/C16H16N4O3S/c1-21-11-6-9(7-12(22-2)14(11)23-3)15-13(20-16(17)24-15)10-4-5-18-8-19-10/h4-8H,1-3H3,(H2,17,20). The number of aromatic nitrogens is 3. The summed E-state index contributed by atoms with van der Waals surface area (Å²) in [5.74, 6) is 1.66. The monoisotopic (exact) mass is 344 g/mol. The van der Waals surface area contributed by atoms with Crippen molar-refractivity contribution in [3.05, 3.63) is 30.7 Å². The van der Waals surface area contributed by atoms with Gasteiger partial charge in [-0.1, -0.05) is 11.3 Å². The number of hydrogen-bond acceptors (Lipinski definition) is 8. The minimum Gasteiger partial charge on any atom is -0.493 e. The molecule has 2 N–H and O–H groups in total. The van der Waals surface area contributed by atoms with Crippen LogP contribution in [0.2, 0.25) is 0 Å². The second-order valence-corrected chi connectivity index (χ2v) is 5.77. The van der Waals surface area contributed by atoms with Gasteiger partial charge in [0.2, 0.25) is 5.75 Å². The Morgan fingerprint density at radius 3 is 2.29 bits per heavy atom. The van der Waals surface area contributed by atoms with E-state index in [1.54, 1.807) is 33.6 Å². The first-order chi connectivity index (χ1) is 11.7. The molecule has 7 nitrogen and oxygen atoms in total. The Morgan fingerprint density at radius 2 is 1.75 bits per heavy atom. The highest BCUT2D eigenvalue weighted by Crippen LogP contribution is 2.45. The van der Waals surface area contributed by atoms with Crippen LogP contribution in [-0.2, 0) is 0 Å². The number of thiazole rings is 1. The van der Waals surface area contributed by atoms with Gasteiger partial charge in [-0.25, -0.2) is 15.0 Å². The van der Waals surface area contributed by atoms with Crippen molar-refractivity contribution in [2.45, 2.75) is 0 Å². The first-order valence-electron chi connectivity index (χ1n) is 7.01. The summed E-state index contributed by atoms with van der Waals surface area (Å²) in [6.07, 6.45) is 3.14. The summed E-state index contributed by atoms with van der Waals surface area (Å²) in [7, 11) is 4.72. The lowest BCUT2D eigenvalue weighted by atomic mass is 10.1. The quantitative estimate of drug-likeness (QED) is 0.760. The molecule has 24 heavy (non-hydrogen) atoms. The van der Waals surface area contributed by atoms with Crippen molar-refractivity contribution >= 4 is 16.5 Å². The van der Waals surface area contributed by atoms with Crippen molar-refractivity contribution < 1.29 is 14.2 Å². The van der Waals surface area contributed by atoms with Gasteiger partial charge in [0, 0.05) is 11.8 Å². The summed E-state index contributed by atoms with van der Waals surface area (Å²) in [5.41, 5.74) is 8.17. The summed E-state index contributed by atoms with van der Waals surface area (Å²) in [4.78, 5) is 13.5. The van der Waals surface area contributed by atoms with Gasteiger partial charge in [-0.05, 0) is 18.2 Å². The third kappa shape index (κ3) is 2.83. The maximum absolute atomic E-state index is 5.93. The van der Waals surface area contributed by atoms with Gasteiger partial charge >= 0.3 is 0 Å². The molecule has 0 aliphatic heterocycles. The Bertz CT molecular complexity index is 827. The molecule has 3 aromatic rings. The molecule has 0 saturated carbocycles. The smallest absolute Gasteiger partial charge is 0.203 e. The van der Waals surface area contributed by atoms with Crippen LogP contribution in [0.3, 0.4) is 0 Å². The molecule has 0 bridgehead atoms. The number of nitrogen functional groups attached to an aromatic ring is 1. The maximum atomic E-state index is 5.93. The number of methoxy groups -OCH3 is 3. The van der Waals surface area contributed by atoms with Gasteiger partial charge < -0.3 is 19.9 Å². The third-order valence-corrected chi connectivity index (χ3v) is 4.33. The van der Waals surface area contributed by atoms with Crippen LogP contribution in [-0.4, -0.2) is 36.3 Å². The predicted molar refractivity (Wildman–Crippen MR) is 92.6 cm³/mol. The Labute approximate surface area is 143 Å². The molecule has 0 unspecified atom stereocenters. The second kappa shape index (κ2) is 6.71. The lowest BCUT2D eigenvalue weighted by molar-refractivity contribution is 0.324. The van der Waals surface area contributed by atoms with Crippen LogP contribution in [0.1, 0.15) is 0 Å². The summed E-state index contributed by atoms with van der Waals surface area (Å²) in [6.45, 7) is 0. The number of hydrogen-bond donors (Lipinski definition) is 1. The lowest BCUT2D eigenvalue weighted by Crippen LogP contribution is -1.96. The van der Waals surface area contributed by atoms with Crippen LogP contribution >= 0.6 is 11.3 Å².